The zero-order chi connectivity index (χ0) is 47.5. The number of aromatic nitrogens is 2. The molecule has 3 aromatic heterocycles. The molecule has 338 valence electrons. The van der Waals surface area contributed by atoms with Crippen LogP contribution in [-0.2, 0) is 14.5 Å². The van der Waals surface area contributed by atoms with E-state index in [2.05, 4.69) is 144 Å². The van der Waals surface area contributed by atoms with Gasteiger partial charge in [0.2, 0.25) is 5.76 Å². The topological polar surface area (TPSA) is 149 Å². The standard InChI is InChI=1S/C27H26N2O.C25H25N2O.C2H3ClO.CH2O3.Na/c1-17(2)19-10-7-11-20(18(3)4)25(19)29-16-15-28-27(29)23-13-8-12-22-21-9-5-6-14-24(21)30-26(22)23;1-15(2)17-10-7-11-18(16(3)4)23(17)27-25(26)21-13-8-12-20-19-9-5-6-14-22(19)28-24(20)21;3-1-2-4;2-1-4-3;/h5-18H,1-4H3;6-16H,1-4H3,(H2,26,27);2H,1H2;1,3H;/q;+1;;;+1/p-1. The Morgan fingerprint density at radius 3 is 1.93 bits per heavy atom. The molecule has 0 spiro atoms. The molecule has 0 unspecified atom stereocenters. The van der Waals surface area contributed by atoms with Crippen LogP contribution in [0.1, 0.15) is 118 Å². The number of aliphatic imine (C=N–C) groups is 1. The normalized spacial score (nSPS) is 11.6. The number of nitrogens with zero attached hydrogens (tertiary/aromatic N) is 3. The maximum atomic E-state index is 9.04. The third kappa shape index (κ3) is 11.5. The first-order chi connectivity index (χ1) is 31.9. The number of nitrogens with two attached hydrogens (primary N) is 1. The number of halogens is 1. The van der Waals surface area contributed by atoms with Crippen LogP contribution < -0.4 is 40.5 Å². The number of hydrogen-bond acceptors (Lipinski definition) is 8. The van der Waals surface area contributed by atoms with Crippen LogP contribution in [0.15, 0.2) is 129 Å². The van der Waals surface area contributed by atoms with Crippen LogP contribution in [0.3, 0.4) is 0 Å². The first kappa shape index (κ1) is 51.9. The molecule has 5 aromatic carbocycles. The van der Waals surface area contributed by atoms with Crippen molar-refractivity contribution < 1.29 is 58.1 Å². The molecule has 0 saturated heterocycles. The maximum Gasteiger partial charge on any atom is 1.00 e. The van der Waals surface area contributed by atoms with Gasteiger partial charge in [0, 0.05) is 29.2 Å². The number of benzene rings is 5. The van der Waals surface area contributed by atoms with E-state index in [1.54, 1.807) is 0 Å². The van der Waals surface area contributed by atoms with Gasteiger partial charge in [-0.25, -0.2) is 9.98 Å². The number of carbonyl (C=O) groups is 2. The summed E-state index contributed by atoms with van der Waals surface area (Å²) in [5.74, 6) is 3.88. The van der Waals surface area contributed by atoms with E-state index in [-0.39, 0.29) is 41.9 Å². The average molecular weight is 927 g/mol. The number of imidazole rings is 1. The zero-order valence-corrected chi connectivity index (χ0v) is 42.3. The van der Waals surface area contributed by atoms with E-state index < -0.39 is 0 Å². The van der Waals surface area contributed by atoms with Gasteiger partial charge in [-0.3, -0.25) is 9.36 Å². The molecule has 0 atom stereocenters. The third-order valence-corrected chi connectivity index (χ3v) is 11.3. The third-order valence-electron chi connectivity index (χ3n) is 11.2. The summed E-state index contributed by atoms with van der Waals surface area (Å²) < 4.78 is 14.7. The molecule has 1 aliphatic carbocycles. The van der Waals surface area contributed by atoms with Gasteiger partial charge in [-0.1, -0.05) is 128 Å². The number of furan rings is 2. The number of hydrogen-bond donors (Lipinski definition) is 1. The second-order valence-electron chi connectivity index (χ2n) is 16.8. The summed E-state index contributed by atoms with van der Waals surface area (Å²) in [5, 5.41) is 11.7. The minimum absolute atomic E-state index is 0. The monoisotopic (exact) mass is 925 g/mol. The summed E-state index contributed by atoms with van der Waals surface area (Å²) >= 11 is 4.82. The maximum absolute atomic E-state index is 9.04. The fourth-order valence-corrected chi connectivity index (χ4v) is 8.10. The van der Waals surface area contributed by atoms with Crippen molar-refractivity contribution in [1.29, 1.82) is 0 Å². The van der Waals surface area contributed by atoms with Crippen molar-refractivity contribution >= 4 is 80.9 Å². The van der Waals surface area contributed by atoms with E-state index in [0.717, 1.165) is 66.9 Å². The van der Waals surface area contributed by atoms with E-state index in [0.29, 0.717) is 35.8 Å². The zero-order valence-electron chi connectivity index (χ0n) is 39.5. The molecule has 0 fully saturated rings. The van der Waals surface area contributed by atoms with Crippen molar-refractivity contribution in [1.82, 2.24) is 9.55 Å². The summed E-state index contributed by atoms with van der Waals surface area (Å²) in [7, 11) is 0. The second-order valence-corrected chi connectivity index (χ2v) is 17.1. The van der Waals surface area contributed by atoms with Crippen molar-refractivity contribution in [2.75, 3.05) is 5.88 Å². The molecule has 0 aliphatic heterocycles. The molecule has 67 heavy (non-hydrogen) atoms. The Morgan fingerprint density at radius 2 is 1.33 bits per heavy atom. The van der Waals surface area contributed by atoms with E-state index in [1.165, 1.54) is 27.9 Å². The molecule has 8 aromatic rings. The van der Waals surface area contributed by atoms with Crippen LogP contribution in [0.4, 0.5) is 5.69 Å². The molecule has 12 heteroatoms. The predicted molar refractivity (Wildman–Crippen MR) is 266 cm³/mol. The quantitative estimate of drug-likeness (QED) is 0.0208. The van der Waals surface area contributed by atoms with Gasteiger partial charge in [0.25, 0.3) is 6.47 Å². The van der Waals surface area contributed by atoms with Crippen molar-refractivity contribution in [2.45, 2.75) is 79.1 Å². The van der Waals surface area contributed by atoms with Gasteiger partial charge in [0.05, 0.1) is 39.8 Å². The smallest absolute Gasteiger partial charge is 0.662 e. The van der Waals surface area contributed by atoms with Gasteiger partial charge >= 0.3 is 29.6 Å². The second kappa shape index (κ2) is 24.1. The van der Waals surface area contributed by atoms with Gasteiger partial charge in [-0.2, -0.15) is 0 Å². The molecule has 0 bridgehead atoms. The molecule has 2 N–H and O–H groups in total. The van der Waals surface area contributed by atoms with Crippen LogP contribution in [0.2, 0.25) is 0 Å². The Morgan fingerprint density at radius 1 is 0.776 bits per heavy atom. The fraction of sp³-hybridized carbons (Fsp3) is 0.236. The number of carbonyl (C=O) groups excluding carboxylic acids is 2. The van der Waals surface area contributed by atoms with Crippen molar-refractivity contribution in [3.05, 3.63) is 161 Å². The SMILES string of the molecule is CC(C)c1cccc(C(C)C)c1-n1ccnc1-c1cccc2c1oc1ccccc12.CC(C)c1cccc(C(C)C)c1N=C(N)c1cccc2c3c(oc12)C=C[C+]=C3.O=CCCl.O=CO[O-].[Na+]. The first-order valence-electron chi connectivity index (χ1n) is 21.9. The van der Waals surface area contributed by atoms with Crippen LogP contribution >= 0.6 is 11.6 Å². The van der Waals surface area contributed by atoms with Gasteiger partial charge in [0.15, 0.2) is 5.58 Å². The fourth-order valence-electron chi connectivity index (χ4n) is 8.10. The summed E-state index contributed by atoms with van der Waals surface area (Å²) in [6.07, 6.45) is 13.5. The number of fused-ring (bicyclic) bond motifs is 6. The molecule has 0 amide bonds. The number of aldehydes is 1. The van der Waals surface area contributed by atoms with Gasteiger partial charge in [0.1, 0.15) is 46.8 Å². The molecule has 0 saturated carbocycles. The molecule has 9 rings (SSSR count). The predicted octanol–water partition coefficient (Wildman–Crippen LogP) is 10.1. The summed E-state index contributed by atoms with van der Waals surface area (Å²) in [5.41, 5.74) is 19.3. The van der Waals surface area contributed by atoms with E-state index in [1.807, 2.05) is 54.8 Å². The summed E-state index contributed by atoms with van der Waals surface area (Å²) in [6, 6.07) is 33.6. The average Bonchev–Trinajstić information content (AvgIpc) is 4.07. The molecule has 10 nitrogen and oxygen atoms in total. The number of alkyl halides is 1. The Kier molecular flexibility index (Phi) is 18.6. The molecule has 3 heterocycles. The molecular weight excluding hydrogens is 871 g/mol. The summed E-state index contributed by atoms with van der Waals surface area (Å²) in [4.78, 5) is 30.0. The van der Waals surface area contributed by atoms with Crippen LogP contribution in [-0.4, -0.2) is 34.0 Å². The van der Waals surface area contributed by atoms with E-state index >= 15 is 0 Å². The number of amidine groups is 1. The minimum Gasteiger partial charge on any atom is -0.662 e. The summed E-state index contributed by atoms with van der Waals surface area (Å²) in [6.45, 7) is 17.6. The molecule has 0 radical (unpaired) electrons. The Balaban J connectivity index is 0.000000214. The van der Waals surface area contributed by atoms with Crippen LogP contribution in [0.5, 0.6) is 0 Å². The van der Waals surface area contributed by atoms with Crippen molar-refractivity contribution in [2.24, 2.45) is 10.7 Å². The number of allylic oxidation sites excluding steroid dienone is 2. The number of para-hydroxylation sites is 5. The Hall–Kier alpha value is -6.10. The van der Waals surface area contributed by atoms with Crippen molar-refractivity contribution in [3.8, 4) is 17.1 Å². The minimum atomic E-state index is -0.181. The largest absolute Gasteiger partial charge is 1.00 e. The van der Waals surface area contributed by atoms with Crippen LogP contribution in [0, 0.1) is 6.08 Å². The number of rotatable bonds is 10. The van der Waals surface area contributed by atoms with Gasteiger partial charge < -0.3 is 29.5 Å². The van der Waals surface area contributed by atoms with Gasteiger partial charge in [-0.15, -0.1) is 11.6 Å². The van der Waals surface area contributed by atoms with Crippen molar-refractivity contribution in [3.63, 3.8) is 0 Å². The van der Waals surface area contributed by atoms with E-state index in [9.17, 15) is 0 Å². The van der Waals surface area contributed by atoms with E-state index in [4.69, 9.17) is 51.0 Å². The first-order valence-corrected chi connectivity index (χ1v) is 22.5. The van der Waals surface area contributed by atoms with Gasteiger partial charge in [-0.05, 0) is 70.2 Å². The molecule has 1 aliphatic rings. The molecular formula is C55H55ClN4NaO6+. The Bertz CT molecular complexity index is 2980. The van der Waals surface area contributed by atoms with Crippen LogP contribution in [0.25, 0.3) is 62.1 Å². The Labute approximate surface area is 419 Å².